The smallest absolute Gasteiger partial charge is 0.282 e. The highest BCUT2D eigenvalue weighted by molar-refractivity contribution is 7.15. The lowest BCUT2D eigenvalue weighted by atomic mass is 9.73. The molecule has 132 valence electrons. The van der Waals surface area contributed by atoms with Crippen LogP contribution in [0.25, 0.3) is 0 Å². The highest BCUT2D eigenvalue weighted by atomic mass is 32.1. The van der Waals surface area contributed by atoms with Crippen LogP contribution in [0.5, 0.6) is 0 Å². The summed E-state index contributed by atoms with van der Waals surface area (Å²) in [6, 6.07) is 5.94. The second-order valence-electron chi connectivity index (χ2n) is 7.42. The number of fused-ring (bicyclic) bond motifs is 1. The van der Waals surface area contributed by atoms with Gasteiger partial charge in [-0.2, -0.15) is 0 Å². The van der Waals surface area contributed by atoms with Crippen molar-refractivity contribution in [2.75, 3.05) is 5.32 Å². The quantitative estimate of drug-likeness (QED) is 0.648. The molecule has 1 amide bonds. The largest absolute Gasteiger partial charge is 0.298 e. The first kappa shape index (κ1) is 17.5. The fourth-order valence-electron chi connectivity index (χ4n) is 3.16. The van der Waals surface area contributed by atoms with E-state index in [0.717, 1.165) is 25.0 Å². The second kappa shape index (κ2) is 6.55. The number of carbonyl (C=O) groups is 1. The molecule has 6 nitrogen and oxygen atoms in total. The van der Waals surface area contributed by atoms with Crippen LogP contribution >= 0.6 is 11.3 Å². The molecule has 1 aromatic carbocycles. The molecule has 0 spiro atoms. The summed E-state index contributed by atoms with van der Waals surface area (Å²) in [7, 11) is 0. The van der Waals surface area contributed by atoms with E-state index in [4.69, 9.17) is 0 Å². The summed E-state index contributed by atoms with van der Waals surface area (Å²) in [6.07, 6.45) is 3.00. The van der Waals surface area contributed by atoms with E-state index in [1.807, 2.05) is 0 Å². The Morgan fingerprint density at radius 1 is 1.36 bits per heavy atom. The van der Waals surface area contributed by atoms with Gasteiger partial charge in [0.25, 0.3) is 11.6 Å². The van der Waals surface area contributed by atoms with E-state index in [-0.39, 0.29) is 16.7 Å². The molecule has 1 heterocycles. The first-order valence-electron chi connectivity index (χ1n) is 8.29. The van der Waals surface area contributed by atoms with Gasteiger partial charge in [0.1, 0.15) is 5.56 Å². The van der Waals surface area contributed by atoms with Crippen LogP contribution in [0.3, 0.4) is 0 Å². The molecule has 1 aromatic heterocycles. The molecular formula is C18H21N3O3S. The summed E-state index contributed by atoms with van der Waals surface area (Å²) >= 11 is 1.47. The molecule has 0 fully saturated rings. The zero-order valence-electron chi connectivity index (χ0n) is 14.5. The molecule has 0 saturated heterocycles. The minimum Gasteiger partial charge on any atom is -0.298 e. The third-order valence-electron chi connectivity index (χ3n) is 4.73. The number of aromatic nitrogens is 1. The van der Waals surface area contributed by atoms with Crippen molar-refractivity contribution < 1.29 is 9.72 Å². The van der Waals surface area contributed by atoms with Gasteiger partial charge in [-0.1, -0.05) is 32.9 Å². The molecule has 0 radical (unpaired) electrons. The summed E-state index contributed by atoms with van der Waals surface area (Å²) < 4.78 is 0. The first-order valence-corrected chi connectivity index (χ1v) is 9.10. The highest BCUT2D eigenvalue weighted by Gasteiger charge is 2.31. The predicted octanol–water partition coefficient (Wildman–Crippen LogP) is 4.45. The molecule has 1 aliphatic carbocycles. The van der Waals surface area contributed by atoms with Gasteiger partial charge in [0.05, 0.1) is 10.6 Å². The summed E-state index contributed by atoms with van der Waals surface area (Å²) in [5.41, 5.74) is 1.13. The van der Waals surface area contributed by atoms with Gasteiger partial charge in [-0.25, -0.2) is 4.98 Å². The van der Waals surface area contributed by atoms with Crippen molar-refractivity contribution in [1.29, 1.82) is 0 Å². The maximum absolute atomic E-state index is 12.4. The number of hydrogen-bond donors (Lipinski definition) is 1. The second-order valence-corrected chi connectivity index (χ2v) is 8.51. The van der Waals surface area contributed by atoms with Gasteiger partial charge >= 0.3 is 0 Å². The Morgan fingerprint density at radius 3 is 2.76 bits per heavy atom. The van der Waals surface area contributed by atoms with Gasteiger partial charge < -0.3 is 0 Å². The van der Waals surface area contributed by atoms with Crippen LogP contribution in [0.2, 0.25) is 0 Å². The SMILES string of the molecule is CC(C)(C)[C@@H]1CCc2sc(NC(=O)c3ccccc3[N+](=O)[O-])nc2C1. The van der Waals surface area contributed by atoms with Crippen LogP contribution in [0.4, 0.5) is 10.8 Å². The summed E-state index contributed by atoms with van der Waals surface area (Å²) in [4.78, 5) is 28.7. The van der Waals surface area contributed by atoms with E-state index >= 15 is 0 Å². The molecule has 25 heavy (non-hydrogen) atoms. The highest BCUT2D eigenvalue weighted by Crippen LogP contribution is 2.39. The van der Waals surface area contributed by atoms with Crippen molar-refractivity contribution in [2.24, 2.45) is 11.3 Å². The molecule has 0 bridgehead atoms. The Morgan fingerprint density at radius 2 is 2.08 bits per heavy atom. The third-order valence-corrected chi connectivity index (χ3v) is 5.80. The van der Waals surface area contributed by atoms with E-state index in [9.17, 15) is 14.9 Å². The van der Waals surface area contributed by atoms with E-state index in [1.54, 1.807) is 12.1 Å². The number of carbonyl (C=O) groups excluding carboxylic acids is 1. The van der Waals surface area contributed by atoms with Gasteiger partial charge in [-0.05, 0) is 36.7 Å². The van der Waals surface area contributed by atoms with Gasteiger partial charge in [-0.3, -0.25) is 20.2 Å². The maximum atomic E-state index is 12.4. The number of nitrogens with zero attached hydrogens (tertiary/aromatic N) is 2. The number of anilines is 1. The molecule has 1 atom stereocenters. The third kappa shape index (κ3) is 3.71. The number of nitro groups is 1. The topological polar surface area (TPSA) is 85.1 Å². The lowest BCUT2D eigenvalue weighted by Gasteiger charge is -2.33. The predicted molar refractivity (Wildman–Crippen MR) is 98.1 cm³/mol. The molecule has 3 rings (SSSR count). The zero-order chi connectivity index (χ0) is 18.2. The number of rotatable bonds is 3. The van der Waals surface area contributed by atoms with Crippen molar-refractivity contribution in [3.63, 3.8) is 0 Å². The van der Waals surface area contributed by atoms with Gasteiger partial charge in [0, 0.05) is 10.9 Å². The van der Waals surface area contributed by atoms with Crippen molar-refractivity contribution in [3.8, 4) is 0 Å². The lowest BCUT2D eigenvalue weighted by Crippen LogP contribution is -2.26. The fraction of sp³-hybridized carbons (Fsp3) is 0.444. The monoisotopic (exact) mass is 359 g/mol. The Kier molecular flexibility index (Phi) is 4.60. The number of hydrogen-bond acceptors (Lipinski definition) is 5. The normalized spacial score (nSPS) is 17.0. The van der Waals surface area contributed by atoms with Gasteiger partial charge in [0.2, 0.25) is 0 Å². The Balaban J connectivity index is 1.79. The lowest BCUT2D eigenvalue weighted by molar-refractivity contribution is -0.385. The van der Waals surface area contributed by atoms with E-state index < -0.39 is 10.8 Å². The van der Waals surface area contributed by atoms with Crippen LogP contribution in [0.15, 0.2) is 24.3 Å². The number of amides is 1. The van der Waals surface area contributed by atoms with Crippen LogP contribution in [-0.2, 0) is 12.8 Å². The van der Waals surface area contributed by atoms with Crippen molar-refractivity contribution in [3.05, 3.63) is 50.5 Å². The van der Waals surface area contributed by atoms with E-state index in [0.29, 0.717) is 11.0 Å². The summed E-state index contributed by atoms with van der Waals surface area (Å²) in [6.45, 7) is 6.73. The maximum Gasteiger partial charge on any atom is 0.282 e. The van der Waals surface area contributed by atoms with E-state index in [1.165, 1.54) is 28.3 Å². The van der Waals surface area contributed by atoms with Crippen molar-refractivity contribution in [2.45, 2.75) is 40.0 Å². The Hall–Kier alpha value is -2.28. The number of aryl methyl sites for hydroxylation is 1. The number of benzene rings is 1. The molecule has 1 N–H and O–H groups in total. The average Bonchev–Trinajstić information content (AvgIpc) is 2.95. The Labute approximate surface area is 150 Å². The minimum absolute atomic E-state index is 0.0493. The number of nitrogens with one attached hydrogen (secondary N) is 1. The molecule has 2 aromatic rings. The first-order chi connectivity index (χ1) is 11.8. The van der Waals surface area contributed by atoms with Crippen molar-refractivity contribution in [1.82, 2.24) is 4.98 Å². The Bertz CT molecular complexity index is 823. The van der Waals surface area contributed by atoms with Gasteiger partial charge in [-0.15, -0.1) is 11.3 Å². The molecule has 0 aliphatic heterocycles. The zero-order valence-corrected chi connectivity index (χ0v) is 15.4. The van der Waals surface area contributed by atoms with E-state index in [2.05, 4.69) is 31.1 Å². The summed E-state index contributed by atoms with van der Waals surface area (Å²) in [5, 5.41) is 14.3. The molecular weight excluding hydrogens is 338 g/mol. The number of para-hydroxylation sites is 1. The van der Waals surface area contributed by atoms with Crippen LogP contribution in [0, 0.1) is 21.4 Å². The molecule has 0 saturated carbocycles. The van der Waals surface area contributed by atoms with Gasteiger partial charge in [0.15, 0.2) is 5.13 Å². The fourth-order valence-corrected chi connectivity index (χ4v) is 4.16. The molecule has 1 aliphatic rings. The minimum atomic E-state index is -0.546. The summed E-state index contributed by atoms with van der Waals surface area (Å²) in [5.74, 6) is 0.0756. The van der Waals surface area contributed by atoms with Crippen LogP contribution < -0.4 is 5.32 Å². The van der Waals surface area contributed by atoms with Crippen LogP contribution in [-0.4, -0.2) is 15.8 Å². The molecule has 7 heteroatoms. The average molecular weight is 359 g/mol. The number of thiazole rings is 1. The molecule has 0 unspecified atom stereocenters. The van der Waals surface area contributed by atoms with Crippen molar-refractivity contribution >= 4 is 28.1 Å². The van der Waals surface area contributed by atoms with Crippen LogP contribution in [0.1, 0.15) is 48.1 Å². The number of nitro benzene ring substituents is 1. The standard InChI is InChI=1S/C18H21N3O3S/c1-18(2,3)11-8-9-15-13(10-11)19-17(25-15)20-16(22)12-6-4-5-7-14(12)21(23)24/h4-7,11H,8-10H2,1-3H3,(H,19,20,22)/t11-/m1/s1.